The maximum Gasteiger partial charge on any atom is 0.251 e. The number of carbonyl (C=O) groups excluding carboxylic acids is 1. The zero-order chi connectivity index (χ0) is 16.6. The van der Waals surface area contributed by atoms with E-state index >= 15 is 0 Å². The first kappa shape index (κ1) is 16.7. The Morgan fingerprint density at radius 2 is 1.42 bits per heavy atom. The second kappa shape index (κ2) is 8.62. The molecule has 1 saturated heterocycles. The van der Waals surface area contributed by atoms with Crippen molar-refractivity contribution >= 4 is 5.91 Å². The van der Waals surface area contributed by atoms with E-state index in [9.17, 15) is 4.79 Å². The average molecular weight is 323 g/mol. The molecule has 1 aliphatic rings. The van der Waals surface area contributed by atoms with Crippen molar-refractivity contribution in [1.29, 1.82) is 0 Å². The molecule has 0 aromatic heterocycles. The molecule has 2 aromatic carbocycles. The van der Waals surface area contributed by atoms with Gasteiger partial charge in [0.2, 0.25) is 0 Å². The lowest BCUT2D eigenvalue weighted by molar-refractivity contribution is 0.0934. The largest absolute Gasteiger partial charge is 0.351 e. The minimum atomic E-state index is 0.0123. The van der Waals surface area contributed by atoms with Gasteiger partial charge in [-0.1, -0.05) is 48.5 Å². The van der Waals surface area contributed by atoms with Crippen LogP contribution >= 0.6 is 0 Å². The monoisotopic (exact) mass is 323 g/mol. The van der Waals surface area contributed by atoms with E-state index in [0.29, 0.717) is 6.54 Å². The Kier molecular flexibility index (Phi) is 5.99. The smallest absolute Gasteiger partial charge is 0.251 e. The van der Waals surface area contributed by atoms with Gasteiger partial charge in [0.05, 0.1) is 0 Å². The van der Waals surface area contributed by atoms with E-state index in [0.717, 1.165) is 44.8 Å². The summed E-state index contributed by atoms with van der Waals surface area (Å²) in [4.78, 5) is 16.9. The highest BCUT2D eigenvalue weighted by molar-refractivity contribution is 5.94. The summed E-state index contributed by atoms with van der Waals surface area (Å²) in [6.07, 6.45) is 0. The van der Waals surface area contributed by atoms with Gasteiger partial charge >= 0.3 is 0 Å². The molecule has 0 bridgehead atoms. The molecule has 1 heterocycles. The van der Waals surface area contributed by atoms with Crippen LogP contribution in [0.3, 0.4) is 0 Å². The van der Waals surface area contributed by atoms with E-state index in [4.69, 9.17) is 0 Å². The summed E-state index contributed by atoms with van der Waals surface area (Å²) in [5, 5.41) is 3.00. The van der Waals surface area contributed by atoms with Gasteiger partial charge in [-0.25, -0.2) is 0 Å². The number of hydrogen-bond donors (Lipinski definition) is 1. The first-order valence-corrected chi connectivity index (χ1v) is 8.63. The van der Waals surface area contributed by atoms with Gasteiger partial charge < -0.3 is 5.32 Å². The van der Waals surface area contributed by atoms with E-state index in [1.54, 1.807) is 0 Å². The van der Waals surface area contributed by atoms with Gasteiger partial charge in [-0.3, -0.25) is 14.6 Å². The second-order valence-corrected chi connectivity index (χ2v) is 6.23. The first-order valence-electron chi connectivity index (χ1n) is 8.63. The van der Waals surface area contributed by atoms with E-state index < -0.39 is 0 Å². The third-order valence-corrected chi connectivity index (χ3v) is 4.46. The van der Waals surface area contributed by atoms with Gasteiger partial charge in [0, 0.05) is 51.4 Å². The number of benzene rings is 2. The molecule has 0 aliphatic carbocycles. The molecule has 1 fully saturated rings. The van der Waals surface area contributed by atoms with Gasteiger partial charge in [0.25, 0.3) is 5.91 Å². The summed E-state index contributed by atoms with van der Waals surface area (Å²) in [6.45, 7) is 6.94. The molecule has 3 rings (SSSR count). The zero-order valence-electron chi connectivity index (χ0n) is 14.0. The molecule has 0 radical (unpaired) electrons. The highest BCUT2D eigenvalue weighted by Crippen LogP contribution is 2.08. The van der Waals surface area contributed by atoms with Crippen molar-refractivity contribution in [1.82, 2.24) is 15.1 Å². The summed E-state index contributed by atoms with van der Waals surface area (Å²) in [7, 11) is 0. The number of piperazine rings is 1. The molecule has 24 heavy (non-hydrogen) atoms. The van der Waals surface area contributed by atoms with Crippen LogP contribution < -0.4 is 5.32 Å². The standard InChI is InChI=1S/C20H25N3O/c24-20(19-9-5-2-6-10-19)21-11-12-22-13-15-23(16-14-22)17-18-7-3-1-4-8-18/h1-10H,11-17H2,(H,21,24). The van der Waals surface area contributed by atoms with Gasteiger partial charge in [-0.05, 0) is 17.7 Å². The molecular formula is C20H25N3O. The Morgan fingerprint density at radius 3 is 2.08 bits per heavy atom. The normalized spacial score (nSPS) is 16.0. The van der Waals surface area contributed by atoms with E-state index in [2.05, 4.69) is 45.4 Å². The maximum atomic E-state index is 12.0. The van der Waals surface area contributed by atoms with Crippen LogP contribution in [0.15, 0.2) is 60.7 Å². The minimum Gasteiger partial charge on any atom is -0.351 e. The predicted octanol–water partition coefficient (Wildman–Crippen LogP) is 2.23. The number of nitrogens with zero attached hydrogens (tertiary/aromatic N) is 2. The third kappa shape index (κ3) is 4.91. The van der Waals surface area contributed by atoms with E-state index in [-0.39, 0.29) is 5.91 Å². The average Bonchev–Trinajstić information content (AvgIpc) is 2.65. The van der Waals surface area contributed by atoms with Gasteiger partial charge in [0.15, 0.2) is 0 Å². The Balaban J connectivity index is 1.35. The lowest BCUT2D eigenvalue weighted by atomic mass is 10.2. The molecule has 0 unspecified atom stereocenters. The third-order valence-electron chi connectivity index (χ3n) is 4.46. The summed E-state index contributed by atoms with van der Waals surface area (Å²) >= 11 is 0. The molecule has 2 aromatic rings. The predicted molar refractivity (Wildman–Crippen MR) is 96.9 cm³/mol. The second-order valence-electron chi connectivity index (χ2n) is 6.23. The number of rotatable bonds is 6. The SMILES string of the molecule is O=C(NCCN1CCN(Cc2ccccc2)CC1)c1ccccc1. The van der Waals surface area contributed by atoms with Crippen LogP contribution in [0.25, 0.3) is 0 Å². The van der Waals surface area contributed by atoms with Crippen LogP contribution in [0, 0.1) is 0 Å². The fourth-order valence-corrected chi connectivity index (χ4v) is 3.03. The van der Waals surface area contributed by atoms with Gasteiger partial charge in [0.1, 0.15) is 0 Å². The van der Waals surface area contributed by atoms with Crippen LogP contribution in [0.1, 0.15) is 15.9 Å². The fourth-order valence-electron chi connectivity index (χ4n) is 3.03. The van der Waals surface area contributed by atoms with Crippen molar-refractivity contribution in [3.63, 3.8) is 0 Å². The van der Waals surface area contributed by atoms with Crippen molar-refractivity contribution in [3.8, 4) is 0 Å². The summed E-state index contributed by atoms with van der Waals surface area (Å²) in [5.41, 5.74) is 2.10. The molecule has 1 aliphatic heterocycles. The van der Waals surface area contributed by atoms with Gasteiger partial charge in [-0.15, -0.1) is 0 Å². The highest BCUT2D eigenvalue weighted by atomic mass is 16.1. The van der Waals surface area contributed by atoms with Crippen molar-refractivity contribution in [2.24, 2.45) is 0 Å². The van der Waals surface area contributed by atoms with Crippen molar-refractivity contribution < 1.29 is 4.79 Å². The summed E-state index contributed by atoms with van der Waals surface area (Å²) in [6, 6.07) is 20.0. The van der Waals surface area contributed by atoms with Crippen LogP contribution in [0.4, 0.5) is 0 Å². The van der Waals surface area contributed by atoms with E-state index in [1.807, 2.05) is 30.3 Å². The molecular weight excluding hydrogens is 298 g/mol. The van der Waals surface area contributed by atoms with Crippen LogP contribution in [-0.4, -0.2) is 55.0 Å². The number of nitrogens with one attached hydrogen (secondary N) is 1. The van der Waals surface area contributed by atoms with Crippen LogP contribution in [-0.2, 0) is 6.54 Å². The first-order chi connectivity index (χ1) is 11.8. The van der Waals surface area contributed by atoms with E-state index in [1.165, 1.54) is 5.56 Å². The zero-order valence-corrected chi connectivity index (χ0v) is 14.0. The molecule has 1 N–H and O–H groups in total. The quantitative estimate of drug-likeness (QED) is 0.885. The molecule has 4 heteroatoms. The Morgan fingerprint density at radius 1 is 0.833 bits per heavy atom. The molecule has 4 nitrogen and oxygen atoms in total. The van der Waals surface area contributed by atoms with Gasteiger partial charge in [-0.2, -0.15) is 0 Å². The Hall–Kier alpha value is -2.17. The molecule has 0 spiro atoms. The van der Waals surface area contributed by atoms with Crippen molar-refractivity contribution in [2.45, 2.75) is 6.54 Å². The molecule has 0 saturated carbocycles. The lowest BCUT2D eigenvalue weighted by Gasteiger charge is -2.34. The summed E-state index contributed by atoms with van der Waals surface area (Å²) in [5.74, 6) is 0.0123. The maximum absolute atomic E-state index is 12.0. The summed E-state index contributed by atoms with van der Waals surface area (Å²) < 4.78 is 0. The van der Waals surface area contributed by atoms with Crippen LogP contribution in [0.2, 0.25) is 0 Å². The van der Waals surface area contributed by atoms with Crippen LogP contribution in [0.5, 0.6) is 0 Å². The van der Waals surface area contributed by atoms with Crippen molar-refractivity contribution in [3.05, 3.63) is 71.8 Å². The highest BCUT2D eigenvalue weighted by Gasteiger charge is 2.16. The van der Waals surface area contributed by atoms with Crippen molar-refractivity contribution in [2.75, 3.05) is 39.3 Å². The Bertz CT molecular complexity index is 622. The molecule has 1 amide bonds. The minimum absolute atomic E-state index is 0.0123. The fraction of sp³-hybridized carbons (Fsp3) is 0.350. The number of carbonyl (C=O) groups is 1. The topological polar surface area (TPSA) is 35.6 Å². The number of hydrogen-bond acceptors (Lipinski definition) is 3. The molecule has 0 atom stereocenters. The molecule has 126 valence electrons. The number of amides is 1. The lowest BCUT2D eigenvalue weighted by Crippen LogP contribution is -2.48. The Labute approximate surface area is 144 Å².